The van der Waals surface area contributed by atoms with Gasteiger partial charge in [-0.25, -0.2) is 4.79 Å². The molecule has 0 aromatic heterocycles. The molecular weight excluding hydrogens is 292 g/mol. The van der Waals surface area contributed by atoms with Gasteiger partial charge in [0.15, 0.2) is 0 Å². The van der Waals surface area contributed by atoms with Crippen molar-refractivity contribution in [3.8, 4) is 0 Å². The third kappa shape index (κ3) is 6.20. The Balaban J connectivity index is 1.82. The van der Waals surface area contributed by atoms with E-state index in [9.17, 15) is 9.90 Å². The number of carbonyl (C=O) groups is 1. The average molecular weight is 320 g/mol. The van der Waals surface area contributed by atoms with Crippen LogP contribution >= 0.6 is 0 Å². The van der Waals surface area contributed by atoms with Crippen molar-refractivity contribution in [2.45, 2.75) is 45.4 Å². The van der Waals surface area contributed by atoms with Crippen molar-refractivity contribution in [3.05, 3.63) is 35.9 Å². The molecule has 1 saturated heterocycles. The highest BCUT2D eigenvalue weighted by molar-refractivity contribution is 5.68. The topological polar surface area (TPSA) is 61.8 Å². The maximum atomic E-state index is 11.8. The molecule has 1 aromatic carbocycles. The highest BCUT2D eigenvalue weighted by atomic mass is 16.5. The van der Waals surface area contributed by atoms with E-state index in [1.54, 1.807) is 0 Å². The number of benzene rings is 1. The van der Waals surface area contributed by atoms with E-state index in [0.29, 0.717) is 6.42 Å². The van der Waals surface area contributed by atoms with Gasteiger partial charge in [-0.1, -0.05) is 30.3 Å². The SMILES string of the molecule is CC(C)(C)NC(=O)OCC1CN(Cc2ccccc2)CCC1O. The Hall–Kier alpha value is -1.59. The minimum absolute atomic E-state index is 0.0434. The molecule has 1 fully saturated rings. The first kappa shape index (κ1) is 17.8. The van der Waals surface area contributed by atoms with Crippen LogP contribution in [0.25, 0.3) is 0 Å². The van der Waals surface area contributed by atoms with Gasteiger partial charge in [-0.05, 0) is 32.8 Å². The quantitative estimate of drug-likeness (QED) is 0.894. The lowest BCUT2D eigenvalue weighted by Crippen LogP contribution is -2.46. The van der Waals surface area contributed by atoms with E-state index in [4.69, 9.17) is 4.74 Å². The first-order chi connectivity index (χ1) is 10.8. The maximum Gasteiger partial charge on any atom is 0.407 e. The Kier molecular flexibility index (Phi) is 6.02. The monoisotopic (exact) mass is 320 g/mol. The average Bonchev–Trinajstić information content (AvgIpc) is 2.47. The fraction of sp³-hybridized carbons (Fsp3) is 0.611. The molecule has 2 rings (SSSR count). The van der Waals surface area contributed by atoms with E-state index in [-0.39, 0.29) is 18.1 Å². The summed E-state index contributed by atoms with van der Waals surface area (Å²) in [7, 11) is 0. The second-order valence-corrected chi connectivity index (χ2v) is 7.31. The molecule has 2 N–H and O–H groups in total. The number of amides is 1. The number of hydrogen-bond donors (Lipinski definition) is 2. The Morgan fingerprint density at radius 2 is 2.04 bits per heavy atom. The molecular formula is C18H28N2O3. The van der Waals surface area contributed by atoms with Crippen molar-refractivity contribution in [2.24, 2.45) is 5.92 Å². The molecule has 5 heteroatoms. The number of aliphatic hydroxyl groups is 1. The molecule has 5 nitrogen and oxygen atoms in total. The van der Waals surface area contributed by atoms with Crippen molar-refractivity contribution in [2.75, 3.05) is 19.7 Å². The van der Waals surface area contributed by atoms with Crippen molar-refractivity contribution in [1.82, 2.24) is 10.2 Å². The molecule has 1 aliphatic rings. The zero-order valence-electron chi connectivity index (χ0n) is 14.3. The number of aliphatic hydroxyl groups excluding tert-OH is 1. The lowest BCUT2D eigenvalue weighted by Gasteiger charge is -2.36. The van der Waals surface area contributed by atoms with Gasteiger partial charge in [-0.2, -0.15) is 0 Å². The lowest BCUT2D eigenvalue weighted by molar-refractivity contribution is -0.00756. The normalized spacial score (nSPS) is 22.6. The Labute approximate surface area is 138 Å². The fourth-order valence-electron chi connectivity index (χ4n) is 2.77. The summed E-state index contributed by atoms with van der Waals surface area (Å²) in [4.78, 5) is 14.1. The molecule has 2 unspecified atom stereocenters. The number of carbonyl (C=O) groups excluding carboxylic acids is 1. The van der Waals surface area contributed by atoms with Gasteiger partial charge in [0.25, 0.3) is 0 Å². The van der Waals surface area contributed by atoms with Crippen LogP contribution < -0.4 is 5.32 Å². The molecule has 1 aromatic rings. The van der Waals surface area contributed by atoms with Gasteiger partial charge in [-0.15, -0.1) is 0 Å². The number of likely N-dealkylation sites (tertiary alicyclic amines) is 1. The van der Waals surface area contributed by atoms with Crippen LogP contribution in [0.5, 0.6) is 0 Å². The molecule has 1 aliphatic heterocycles. The second-order valence-electron chi connectivity index (χ2n) is 7.31. The molecule has 0 aliphatic carbocycles. The molecule has 0 radical (unpaired) electrons. The Morgan fingerprint density at radius 1 is 1.35 bits per heavy atom. The lowest BCUT2D eigenvalue weighted by atomic mass is 9.95. The number of piperidine rings is 1. The first-order valence-electron chi connectivity index (χ1n) is 8.23. The Bertz CT molecular complexity index is 499. The van der Waals surface area contributed by atoms with Crippen molar-refractivity contribution < 1.29 is 14.6 Å². The minimum atomic E-state index is -0.426. The van der Waals surface area contributed by atoms with Crippen molar-refractivity contribution in [1.29, 1.82) is 0 Å². The summed E-state index contributed by atoms with van der Waals surface area (Å²) >= 11 is 0. The van der Waals surface area contributed by atoms with Gasteiger partial charge in [0.2, 0.25) is 0 Å². The number of rotatable bonds is 4. The number of nitrogens with zero attached hydrogens (tertiary/aromatic N) is 1. The number of hydrogen-bond acceptors (Lipinski definition) is 4. The zero-order valence-corrected chi connectivity index (χ0v) is 14.3. The van der Waals surface area contributed by atoms with E-state index < -0.39 is 12.2 Å². The standard InChI is InChI=1S/C18H28N2O3/c1-18(2,3)19-17(22)23-13-15-12-20(10-9-16(15)21)11-14-7-5-4-6-8-14/h4-8,15-16,21H,9-13H2,1-3H3,(H,19,22). The van der Waals surface area contributed by atoms with E-state index in [1.807, 2.05) is 39.0 Å². The van der Waals surface area contributed by atoms with E-state index >= 15 is 0 Å². The zero-order chi connectivity index (χ0) is 16.9. The second kappa shape index (κ2) is 7.79. The predicted octanol–water partition coefficient (Wildman–Crippen LogP) is 2.39. The summed E-state index contributed by atoms with van der Waals surface area (Å²) in [5.74, 6) is -0.0434. The summed E-state index contributed by atoms with van der Waals surface area (Å²) in [5.41, 5.74) is 0.941. The number of ether oxygens (including phenoxy) is 1. The predicted molar refractivity (Wildman–Crippen MR) is 90.1 cm³/mol. The van der Waals surface area contributed by atoms with Gasteiger partial charge >= 0.3 is 6.09 Å². The van der Waals surface area contributed by atoms with Crippen LogP contribution in [0.3, 0.4) is 0 Å². The highest BCUT2D eigenvalue weighted by Gasteiger charge is 2.29. The molecule has 0 bridgehead atoms. The molecule has 2 atom stereocenters. The summed E-state index contributed by atoms with van der Waals surface area (Å²) in [5, 5.41) is 12.9. The first-order valence-corrected chi connectivity index (χ1v) is 8.23. The van der Waals surface area contributed by atoms with E-state index in [1.165, 1.54) is 5.56 Å². The summed E-state index contributed by atoms with van der Waals surface area (Å²) < 4.78 is 5.29. The fourth-order valence-corrected chi connectivity index (χ4v) is 2.77. The van der Waals surface area contributed by atoms with Gasteiger partial charge < -0.3 is 15.2 Å². The van der Waals surface area contributed by atoms with E-state index in [2.05, 4.69) is 22.3 Å². The summed E-state index contributed by atoms with van der Waals surface area (Å²) in [6.45, 7) is 8.42. The smallest absolute Gasteiger partial charge is 0.407 e. The number of alkyl carbamates (subject to hydrolysis) is 1. The molecule has 1 heterocycles. The maximum absolute atomic E-state index is 11.8. The minimum Gasteiger partial charge on any atom is -0.449 e. The van der Waals surface area contributed by atoms with Crippen LogP contribution in [0, 0.1) is 5.92 Å². The molecule has 0 spiro atoms. The third-order valence-corrected chi connectivity index (χ3v) is 3.93. The Morgan fingerprint density at radius 3 is 2.70 bits per heavy atom. The summed E-state index contributed by atoms with van der Waals surface area (Å²) in [6, 6.07) is 10.3. The van der Waals surface area contributed by atoms with Gasteiger partial charge in [0.05, 0.1) is 12.7 Å². The van der Waals surface area contributed by atoms with E-state index in [0.717, 1.165) is 19.6 Å². The molecule has 23 heavy (non-hydrogen) atoms. The number of nitrogens with one attached hydrogen (secondary N) is 1. The summed E-state index contributed by atoms with van der Waals surface area (Å²) in [6.07, 6.45) is -0.129. The largest absolute Gasteiger partial charge is 0.449 e. The van der Waals surface area contributed by atoms with Crippen LogP contribution in [0.4, 0.5) is 4.79 Å². The highest BCUT2D eigenvalue weighted by Crippen LogP contribution is 2.20. The molecule has 0 saturated carbocycles. The van der Waals surface area contributed by atoms with Crippen molar-refractivity contribution >= 4 is 6.09 Å². The van der Waals surface area contributed by atoms with Gasteiger partial charge in [0.1, 0.15) is 0 Å². The molecule has 128 valence electrons. The van der Waals surface area contributed by atoms with Crippen molar-refractivity contribution in [3.63, 3.8) is 0 Å². The van der Waals surface area contributed by atoms with Crippen LogP contribution in [-0.4, -0.2) is 47.4 Å². The van der Waals surface area contributed by atoms with Gasteiger partial charge in [-0.3, -0.25) is 4.90 Å². The van der Waals surface area contributed by atoms with Gasteiger partial charge in [0, 0.05) is 31.1 Å². The van der Waals surface area contributed by atoms with Crippen LogP contribution in [-0.2, 0) is 11.3 Å². The molecule has 1 amide bonds. The third-order valence-electron chi connectivity index (χ3n) is 3.93. The van der Waals surface area contributed by atoms with Crippen LogP contribution in [0.2, 0.25) is 0 Å². The van der Waals surface area contributed by atoms with Crippen LogP contribution in [0.1, 0.15) is 32.8 Å². The van der Waals surface area contributed by atoms with Crippen LogP contribution in [0.15, 0.2) is 30.3 Å².